The molecular formula is C13H16N2O2S. The Morgan fingerprint density at radius 3 is 2.94 bits per heavy atom. The molecular weight excluding hydrogens is 248 g/mol. The minimum atomic E-state index is -0.274. The van der Waals surface area contributed by atoms with E-state index in [2.05, 4.69) is 5.32 Å². The molecule has 5 heteroatoms. The van der Waals surface area contributed by atoms with Gasteiger partial charge in [0.1, 0.15) is 4.88 Å². The molecule has 2 rings (SSSR count). The fourth-order valence-electron chi connectivity index (χ4n) is 1.73. The van der Waals surface area contributed by atoms with Gasteiger partial charge < -0.3 is 16.2 Å². The highest BCUT2D eigenvalue weighted by molar-refractivity contribution is 7.21. The van der Waals surface area contributed by atoms with E-state index in [0.29, 0.717) is 10.6 Å². The first-order valence-electron chi connectivity index (χ1n) is 5.73. The van der Waals surface area contributed by atoms with Crippen LogP contribution in [0.3, 0.4) is 0 Å². The van der Waals surface area contributed by atoms with Gasteiger partial charge in [-0.25, -0.2) is 0 Å². The van der Waals surface area contributed by atoms with Crippen molar-refractivity contribution < 1.29 is 9.90 Å². The summed E-state index contributed by atoms with van der Waals surface area (Å²) in [6.07, 6.45) is 0. The molecule has 0 aliphatic rings. The fourth-order valence-corrected chi connectivity index (χ4v) is 2.74. The zero-order valence-electron chi connectivity index (χ0n) is 10.4. The predicted octanol–water partition coefficient (Wildman–Crippen LogP) is 1.90. The van der Waals surface area contributed by atoms with E-state index < -0.39 is 0 Å². The van der Waals surface area contributed by atoms with E-state index in [4.69, 9.17) is 10.8 Å². The largest absolute Gasteiger partial charge is 0.397 e. The number of hydrogen-bond donors (Lipinski definition) is 3. The van der Waals surface area contributed by atoms with Crippen LogP contribution in [0.15, 0.2) is 18.2 Å². The number of carbonyl (C=O) groups excluding carboxylic acids is 1. The molecule has 1 atom stereocenters. The zero-order valence-corrected chi connectivity index (χ0v) is 11.2. The van der Waals surface area contributed by atoms with Crippen molar-refractivity contribution in [3.63, 3.8) is 0 Å². The smallest absolute Gasteiger partial charge is 0.263 e. The number of amides is 1. The molecule has 0 bridgehead atoms. The molecule has 18 heavy (non-hydrogen) atoms. The molecule has 4 nitrogen and oxygen atoms in total. The SMILES string of the molecule is Cc1ccc2sc(C(=O)NC(C)CO)c(N)c2c1. The molecule has 0 saturated heterocycles. The molecule has 0 aliphatic heterocycles. The molecule has 0 fully saturated rings. The molecule has 1 aromatic heterocycles. The number of nitrogens with one attached hydrogen (secondary N) is 1. The molecule has 0 saturated carbocycles. The number of benzene rings is 1. The number of aliphatic hydroxyl groups is 1. The van der Waals surface area contributed by atoms with Gasteiger partial charge in [0.05, 0.1) is 12.3 Å². The van der Waals surface area contributed by atoms with Crippen LogP contribution < -0.4 is 11.1 Å². The lowest BCUT2D eigenvalue weighted by Gasteiger charge is -2.09. The number of anilines is 1. The molecule has 0 radical (unpaired) electrons. The van der Waals surface area contributed by atoms with Gasteiger partial charge in [0.2, 0.25) is 0 Å². The van der Waals surface area contributed by atoms with E-state index in [9.17, 15) is 4.79 Å². The number of fused-ring (bicyclic) bond motifs is 1. The number of hydrogen-bond acceptors (Lipinski definition) is 4. The predicted molar refractivity (Wildman–Crippen MR) is 75.0 cm³/mol. The Bertz CT molecular complexity index is 592. The standard InChI is InChI=1S/C13H16N2O2S/c1-7-3-4-10-9(5-7)11(14)12(18-10)13(17)15-8(2)6-16/h3-5,8,16H,6,14H2,1-2H3,(H,15,17). The van der Waals surface area contributed by atoms with Crippen LogP contribution in [0, 0.1) is 6.92 Å². The van der Waals surface area contributed by atoms with Gasteiger partial charge in [-0.3, -0.25) is 4.79 Å². The van der Waals surface area contributed by atoms with Crippen LogP contribution in [0.4, 0.5) is 5.69 Å². The molecule has 2 aromatic rings. The Morgan fingerprint density at radius 1 is 1.56 bits per heavy atom. The highest BCUT2D eigenvalue weighted by Gasteiger charge is 2.17. The molecule has 1 amide bonds. The van der Waals surface area contributed by atoms with Gasteiger partial charge in [0.15, 0.2) is 0 Å². The zero-order chi connectivity index (χ0) is 13.3. The number of aryl methyl sites for hydroxylation is 1. The van der Waals surface area contributed by atoms with Gasteiger partial charge >= 0.3 is 0 Å². The molecule has 1 aromatic carbocycles. The average Bonchev–Trinajstić information content (AvgIpc) is 2.66. The van der Waals surface area contributed by atoms with Crippen LogP contribution in [-0.4, -0.2) is 23.7 Å². The van der Waals surface area contributed by atoms with Crippen LogP contribution in [0.5, 0.6) is 0 Å². The molecule has 96 valence electrons. The van der Waals surface area contributed by atoms with Crippen molar-refractivity contribution in [1.29, 1.82) is 0 Å². The highest BCUT2D eigenvalue weighted by Crippen LogP contribution is 2.34. The normalized spacial score (nSPS) is 12.6. The number of aliphatic hydroxyl groups excluding tert-OH is 1. The third-order valence-corrected chi connectivity index (χ3v) is 3.92. The van der Waals surface area contributed by atoms with Gasteiger partial charge in [-0.05, 0) is 26.0 Å². The molecule has 1 unspecified atom stereocenters. The summed E-state index contributed by atoms with van der Waals surface area (Å²) in [4.78, 5) is 12.5. The van der Waals surface area contributed by atoms with Gasteiger partial charge in [0.25, 0.3) is 5.91 Å². The summed E-state index contributed by atoms with van der Waals surface area (Å²) in [6.45, 7) is 3.64. The van der Waals surface area contributed by atoms with Crippen molar-refractivity contribution >= 4 is 33.0 Å². The summed E-state index contributed by atoms with van der Waals surface area (Å²) in [6, 6.07) is 5.67. The summed E-state index contributed by atoms with van der Waals surface area (Å²) in [5.74, 6) is -0.229. The van der Waals surface area contributed by atoms with Crippen molar-refractivity contribution in [3.8, 4) is 0 Å². The van der Waals surface area contributed by atoms with Gasteiger partial charge in [-0.15, -0.1) is 11.3 Å². The Balaban J connectivity index is 2.40. The Kier molecular flexibility index (Phi) is 3.54. The Labute approximate surface area is 109 Å². The van der Waals surface area contributed by atoms with E-state index in [0.717, 1.165) is 15.6 Å². The van der Waals surface area contributed by atoms with Crippen molar-refractivity contribution in [1.82, 2.24) is 5.32 Å². The summed E-state index contributed by atoms with van der Waals surface area (Å²) < 4.78 is 1.000. The average molecular weight is 264 g/mol. The summed E-state index contributed by atoms with van der Waals surface area (Å²) in [5, 5.41) is 12.6. The summed E-state index contributed by atoms with van der Waals surface area (Å²) in [5.41, 5.74) is 7.64. The van der Waals surface area contributed by atoms with Crippen molar-refractivity contribution in [2.45, 2.75) is 19.9 Å². The lowest BCUT2D eigenvalue weighted by atomic mass is 10.1. The minimum absolute atomic E-state index is 0.0877. The fraction of sp³-hybridized carbons (Fsp3) is 0.308. The Hall–Kier alpha value is -1.59. The third-order valence-electron chi connectivity index (χ3n) is 2.74. The van der Waals surface area contributed by atoms with Gasteiger partial charge in [-0.1, -0.05) is 11.6 Å². The quantitative estimate of drug-likeness (QED) is 0.792. The summed E-state index contributed by atoms with van der Waals surface area (Å²) >= 11 is 1.37. The number of rotatable bonds is 3. The lowest BCUT2D eigenvalue weighted by molar-refractivity contribution is 0.0927. The maximum Gasteiger partial charge on any atom is 0.263 e. The minimum Gasteiger partial charge on any atom is -0.397 e. The first-order valence-corrected chi connectivity index (χ1v) is 6.55. The van der Waals surface area contributed by atoms with Crippen LogP contribution in [0.2, 0.25) is 0 Å². The first kappa shape index (κ1) is 12.9. The first-order chi connectivity index (χ1) is 8.52. The van der Waals surface area contributed by atoms with Gasteiger partial charge in [0, 0.05) is 16.1 Å². The van der Waals surface area contributed by atoms with Crippen molar-refractivity contribution in [3.05, 3.63) is 28.6 Å². The van der Waals surface area contributed by atoms with E-state index in [1.807, 2.05) is 25.1 Å². The van der Waals surface area contributed by atoms with E-state index in [1.165, 1.54) is 11.3 Å². The molecule has 4 N–H and O–H groups in total. The number of nitrogens with two attached hydrogens (primary N) is 1. The van der Waals surface area contributed by atoms with E-state index >= 15 is 0 Å². The molecule has 0 aliphatic carbocycles. The summed E-state index contributed by atoms with van der Waals surface area (Å²) in [7, 11) is 0. The van der Waals surface area contributed by atoms with Crippen LogP contribution in [0.25, 0.3) is 10.1 Å². The second-order valence-electron chi connectivity index (χ2n) is 4.40. The van der Waals surface area contributed by atoms with Crippen LogP contribution >= 0.6 is 11.3 Å². The second kappa shape index (κ2) is 4.96. The Morgan fingerprint density at radius 2 is 2.28 bits per heavy atom. The highest BCUT2D eigenvalue weighted by atomic mass is 32.1. The number of carbonyl (C=O) groups is 1. The third kappa shape index (κ3) is 2.32. The van der Waals surface area contributed by atoms with Crippen molar-refractivity contribution in [2.75, 3.05) is 12.3 Å². The van der Waals surface area contributed by atoms with Crippen LogP contribution in [-0.2, 0) is 0 Å². The van der Waals surface area contributed by atoms with E-state index in [-0.39, 0.29) is 18.6 Å². The maximum atomic E-state index is 12.0. The van der Waals surface area contributed by atoms with Crippen molar-refractivity contribution in [2.24, 2.45) is 0 Å². The monoisotopic (exact) mass is 264 g/mol. The van der Waals surface area contributed by atoms with Crippen LogP contribution in [0.1, 0.15) is 22.2 Å². The number of thiophene rings is 1. The van der Waals surface area contributed by atoms with Gasteiger partial charge in [-0.2, -0.15) is 0 Å². The van der Waals surface area contributed by atoms with E-state index in [1.54, 1.807) is 6.92 Å². The molecule has 1 heterocycles. The maximum absolute atomic E-state index is 12.0. The topological polar surface area (TPSA) is 75.3 Å². The lowest BCUT2D eigenvalue weighted by Crippen LogP contribution is -2.34. The second-order valence-corrected chi connectivity index (χ2v) is 5.45. The number of nitrogen functional groups attached to an aromatic ring is 1. The molecule has 0 spiro atoms.